The minimum atomic E-state index is -4.92. The zero-order valence-electron chi connectivity index (χ0n) is 9.92. The molecule has 1 aromatic rings. The Balaban J connectivity index is 2.40. The molecule has 0 radical (unpaired) electrons. The Kier molecular flexibility index (Phi) is 3.46. The molecule has 0 spiro atoms. The lowest BCUT2D eigenvalue weighted by Crippen LogP contribution is -2.28. The van der Waals surface area contributed by atoms with Crippen molar-refractivity contribution in [2.75, 3.05) is 11.4 Å². The number of rotatable bonds is 3. The maximum atomic E-state index is 13.7. The molecule has 1 unspecified atom stereocenters. The summed E-state index contributed by atoms with van der Waals surface area (Å²) in [7, 11) is -4.92. The summed E-state index contributed by atoms with van der Waals surface area (Å²) in [5, 5.41) is 7.24. The second-order valence-electron chi connectivity index (χ2n) is 4.28. The fourth-order valence-electron chi connectivity index (χ4n) is 1.95. The molecule has 20 heavy (non-hydrogen) atoms. The summed E-state index contributed by atoms with van der Waals surface area (Å²) in [4.78, 5) is 23.2. The van der Waals surface area contributed by atoms with Crippen LogP contribution in [0.4, 0.5) is 14.0 Å². The Bertz CT molecular complexity index is 688. The molecule has 0 saturated carbocycles. The Morgan fingerprint density at radius 3 is 2.55 bits per heavy atom. The van der Waals surface area contributed by atoms with Gasteiger partial charge in [0.15, 0.2) is 0 Å². The lowest BCUT2D eigenvalue weighted by molar-refractivity contribution is -0.117. The Hall–Kier alpha value is -2.03. The van der Waals surface area contributed by atoms with Gasteiger partial charge in [-0.15, -0.1) is 3.89 Å². The highest BCUT2D eigenvalue weighted by atomic mass is 32.3. The monoisotopic (exact) mass is 305 g/mol. The average Bonchev–Trinajstić information content (AvgIpc) is 2.71. The number of amides is 1. The van der Waals surface area contributed by atoms with Crippen LogP contribution in [0.15, 0.2) is 18.2 Å². The van der Waals surface area contributed by atoms with Gasteiger partial charge in [0.25, 0.3) is 0 Å². The number of halogens is 2. The summed E-state index contributed by atoms with van der Waals surface area (Å²) in [6.45, 7) is -0.544. The van der Waals surface area contributed by atoms with E-state index in [9.17, 15) is 26.3 Å². The molecule has 1 amide bonds. The number of benzene rings is 1. The molecule has 1 atom stereocenters. The molecule has 1 N–H and O–H groups in total. The van der Waals surface area contributed by atoms with Gasteiger partial charge in [0.2, 0.25) is 5.91 Å². The molecule has 2 rings (SSSR count). The number of hydrogen-bond donors (Lipinski definition) is 1. The van der Waals surface area contributed by atoms with Crippen molar-refractivity contribution in [3.63, 3.8) is 0 Å². The van der Waals surface area contributed by atoms with Gasteiger partial charge in [-0.2, -0.15) is 8.42 Å². The quantitative estimate of drug-likeness (QED) is 0.839. The lowest BCUT2D eigenvalue weighted by Gasteiger charge is -2.17. The average molecular weight is 305 g/mol. The van der Waals surface area contributed by atoms with E-state index in [1.54, 1.807) is 0 Å². The van der Waals surface area contributed by atoms with E-state index in [-0.39, 0.29) is 11.3 Å². The highest BCUT2D eigenvalue weighted by Crippen LogP contribution is 2.28. The number of carboxylic acids is 1. The van der Waals surface area contributed by atoms with E-state index in [1.807, 2.05) is 0 Å². The number of hydrogen-bond acceptors (Lipinski definition) is 4. The van der Waals surface area contributed by atoms with Crippen molar-refractivity contribution >= 4 is 27.8 Å². The van der Waals surface area contributed by atoms with Crippen LogP contribution in [0.5, 0.6) is 0 Å². The van der Waals surface area contributed by atoms with Gasteiger partial charge in [-0.1, -0.05) is 0 Å². The molecule has 1 saturated heterocycles. The highest BCUT2D eigenvalue weighted by Gasteiger charge is 2.40. The van der Waals surface area contributed by atoms with Gasteiger partial charge in [0.05, 0.1) is 11.3 Å². The second-order valence-corrected chi connectivity index (χ2v) is 5.90. The van der Waals surface area contributed by atoms with E-state index >= 15 is 0 Å². The third kappa shape index (κ3) is 2.62. The van der Waals surface area contributed by atoms with Crippen LogP contribution in [-0.2, 0) is 15.0 Å². The predicted molar refractivity (Wildman–Crippen MR) is 64.1 cm³/mol. The number of nitrogens with zero attached hydrogens (tertiary/aromatic N) is 1. The summed E-state index contributed by atoms with van der Waals surface area (Å²) >= 11 is 0. The molecule has 1 aliphatic heterocycles. The van der Waals surface area contributed by atoms with E-state index in [4.69, 9.17) is 5.11 Å². The number of carbonyl (C=O) groups is 2. The van der Waals surface area contributed by atoms with Gasteiger partial charge >= 0.3 is 16.2 Å². The van der Waals surface area contributed by atoms with Gasteiger partial charge in [-0.3, -0.25) is 4.79 Å². The number of carbonyl (C=O) groups excluding carboxylic acids is 1. The maximum Gasteiger partial charge on any atom is 0.335 e. The first-order valence-electron chi connectivity index (χ1n) is 5.47. The number of carboxylic acid groups (broad SMARTS) is 1. The zero-order chi connectivity index (χ0) is 15.1. The topological polar surface area (TPSA) is 91.8 Å². The number of aromatic carboxylic acids is 1. The molecule has 0 bridgehead atoms. The highest BCUT2D eigenvalue weighted by molar-refractivity contribution is 7.87. The maximum absolute atomic E-state index is 13.7. The van der Waals surface area contributed by atoms with E-state index in [0.29, 0.717) is 0 Å². The summed E-state index contributed by atoms with van der Waals surface area (Å²) in [6.07, 6.45) is -0.602. The van der Waals surface area contributed by atoms with Gasteiger partial charge < -0.3 is 10.0 Å². The zero-order valence-corrected chi connectivity index (χ0v) is 10.7. The van der Waals surface area contributed by atoms with Crippen molar-refractivity contribution in [2.45, 2.75) is 11.7 Å². The molecule has 1 fully saturated rings. The van der Waals surface area contributed by atoms with Crippen molar-refractivity contribution in [1.82, 2.24) is 0 Å². The first kappa shape index (κ1) is 14.4. The first-order valence-corrected chi connectivity index (χ1v) is 6.91. The summed E-state index contributed by atoms with van der Waals surface area (Å²) in [5.41, 5.74) is -0.637. The third-order valence-electron chi connectivity index (χ3n) is 2.97. The fourth-order valence-corrected chi connectivity index (χ4v) is 2.62. The molecule has 1 aromatic carbocycles. The molecule has 1 aliphatic rings. The van der Waals surface area contributed by atoms with Crippen molar-refractivity contribution in [3.8, 4) is 0 Å². The van der Waals surface area contributed by atoms with E-state index in [2.05, 4.69) is 0 Å². The first-order chi connectivity index (χ1) is 9.20. The smallest absolute Gasteiger partial charge is 0.335 e. The van der Waals surface area contributed by atoms with Crippen molar-refractivity contribution < 1.29 is 31.4 Å². The predicted octanol–water partition coefficient (Wildman–Crippen LogP) is 0.928. The standard InChI is InChI=1S/C11H9F2NO5S/c12-8-2-1-6(11(16)17)3-9(8)14-5-7(4-10(14)15)20(13,18)19/h1-3,7H,4-5H2,(H,16,17). The third-order valence-corrected chi connectivity index (χ3v) is 4.08. The molecule has 0 aromatic heterocycles. The Morgan fingerprint density at radius 1 is 1.40 bits per heavy atom. The van der Waals surface area contributed by atoms with E-state index < -0.39 is 46.1 Å². The summed E-state index contributed by atoms with van der Waals surface area (Å²) in [6, 6.07) is 2.76. The van der Waals surface area contributed by atoms with E-state index in [0.717, 1.165) is 23.1 Å². The summed E-state index contributed by atoms with van der Waals surface area (Å²) < 4.78 is 48.1. The van der Waals surface area contributed by atoms with Crippen LogP contribution in [-0.4, -0.2) is 37.2 Å². The van der Waals surface area contributed by atoms with Crippen molar-refractivity contribution in [1.29, 1.82) is 0 Å². The van der Waals surface area contributed by atoms with Gasteiger partial charge in [0.1, 0.15) is 11.1 Å². The number of anilines is 1. The molecule has 0 aliphatic carbocycles. The molecule has 6 nitrogen and oxygen atoms in total. The van der Waals surface area contributed by atoms with Crippen LogP contribution in [0, 0.1) is 5.82 Å². The van der Waals surface area contributed by atoms with Crippen LogP contribution >= 0.6 is 0 Å². The van der Waals surface area contributed by atoms with Gasteiger partial charge in [-0.25, -0.2) is 9.18 Å². The Morgan fingerprint density at radius 2 is 2.05 bits per heavy atom. The largest absolute Gasteiger partial charge is 0.478 e. The van der Waals surface area contributed by atoms with Crippen LogP contribution in [0.3, 0.4) is 0 Å². The van der Waals surface area contributed by atoms with E-state index in [1.165, 1.54) is 0 Å². The summed E-state index contributed by atoms with van der Waals surface area (Å²) in [5.74, 6) is -2.99. The Labute approximate surface area is 112 Å². The molecular formula is C11H9F2NO5S. The lowest BCUT2D eigenvalue weighted by atomic mass is 10.2. The SMILES string of the molecule is O=C(O)c1ccc(F)c(N2CC(S(=O)(=O)F)CC2=O)c1. The molecular weight excluding hydrogens is 296 g/mol. The minimum Gasteiger partial charge on any atom is -0.478 e. The van der Waals surface area contributed by atoms with Crippen LogP contribution in [0.1, 0.15) is 16.8 Å². The van der Waals surface area contributed by atoms with Crippen molar-refractivity contribution in [2.24, 2.45) is 0 Å². The van der Waals surface area contributed by atoms with Crippen molar-refractivity contribution in [3.05, 3.63) is 29.6 Å². The molecule has 108 valence electrons. The molecule has 1 heterocycles. The molecule has 9 heteroatoms. The second kappa shape index (κ2) is 4.82. The fraction of sp³-hybridized carbons (Fsp3) is 0.273. The minimum absolute atomic E-state index is 0.263. The van der Waals surface area contributed by atoms with Gasteiger partial charge in [-0.05, 0) is 18.2 Å². The van der Waals surface area contributed by atoms with Crippen LogP contribution in [0.25, 0.3) is 0 Å². The van der Waals surface area contributed by atoms with Crippen LogP contribution in [0.2, 0.25) is 0 Å². The van der Waals surface area contributed by atoms with Crippen LogP contribution < -0.4 is 4.90 Å². The van der Waals surface area contributed by atoms with Gasteiger partial charge in [0, 0.05) is 13.0 Å². The normalized spacial score (nSPS) is 19.4.